The Morgan fingerprint density at radius 2 is 1.85 bits per heavy atom. The Kier molecular flexibility index (Phi) is 9.01. The zero-order valence-corrected chi connectivity index (χ0v) is 28.2. The third kappa shape index (κ3) is 7.22. The lowest BCUT2D eigenvalue weighted by Gasteiger charge is -2.36. The van der Waals surface area contributed by atoms with Crippen molar-refractivity contribution < 1.29 is 29.0 Å². The number of carboxylic acid groups (broad SMARTS) is 1. The van der Waals surface area contributed by atoms with Crippen LogP contribution in [0.2, 0.25) is 0 Å². The van der Waals surface area contributed by atoms with Gasteiger partial charge >= 0.3 is 12.1 Å². The number of alkyl carbamates (subject to hydrolysis) is 1. The number of aliphatic carboxylic acids is 1. The molecule has 1 saturated carbocycles. The number of carboxylic acids is 1. The summed E-state index contributed by atoms with van der Waals surface area (Å²) in [5.41, 5.74) is -0.229. The van der Waals surface area contributed by atoms with Gasteiger partial charge in [0.05, 0.1) is 6.04 Å². The molecule has 1 aliphatic heterocycles. The van der Waals surface area contributed by atoms with Crippen LogP contribution in [0.1, 0.15) is 60.4 Å². The number of carbonyl (C=O) groups is 4. The quantitative estimate of drug-likeness (QED) is 0.283. The zero-order valence-electron chi connectivity index (χ0n) is 27.4. The Morgan fingerprint density at radius 3 is 2.45 bits per heavy atom. The van der Waals surface area contributed by atoms with Crippen LogP contribution in [0, 0.1) is 11.3 Å². The molecule has 2 fully saturated rings. The monoisotopic (exact) mass is 663 g/mol. The normalized spacial score (nSPS) is 23.1. The second kappa shape index (κ2) is 12.5. The Hall–Kier alpha value is -4.59. The maximum absolute atomic E-state index is 14.3. The van der Waals surface area contributed by atoms with Crippen LogP contribution < -0.4 is 10.6 Å². The molecule has 14 heteroatoms. The first-order chi connectivity index (χ1) is 22.0. The number of tetrazole rings is 1. The molecule has 5 unspecified atom stereocenters. The fourth-order valence-electron chi connectivity index (χ4n) is 5.79. The molecular formula is C33H41N7O6S. The summed E-state index contributed by atoms with van der Waals surface area (Å²) in [6, 6.07) is 7.08. The number of hydrogen-bond donors (Lipinski definition) is 3. The number of ether oxygens (including phenoxy) is 1. The molecule has 1 aromatic carbocycles. The molecule has 47 heavy (non-hydrogen) atoms. The van der Waals surface area contributed by atoms with E-state index < -0.39 is 64.5 Å². The summed E-state index contributed by atoms with van der Waals surface area (Å²) in [6.45, 7) is 14.3. The summed E-state index contributed by atoms with van der Waals surface area (Å²) in [5.74, 6) is -2.37. The number of benzene rings is 1. The van der Waals surface area contributed by atoms with Crippen molar-refractivity contribution in [3.05, 3.63) is 53.7 Å². The average Bonchev–Trinajstić information content (AvgIpc) is 3.47. The number of aromatic nitrogens is 4. The summed E-state index contributed by atoms with van der Waals surface area (Å²) in [5, 5.41) is 32.6. The molecule has 2 aromatic heterocycles. The molecule has 3 aromatic rings. The molecule has 1 aliphatic carbocycles. The van der Waals surface area contributed by atoms with Crippen LogP contribution in [-0.2, 0) is 19.1 Å². The third-order valence-electron chi connectivity index (χ3n) is 8.40. The van der Waals surface area contributed by atoms with Crippen molar-refractivity contribution in [3.63, 3.8) is 0 Å². The predicted octanol–water partition coefficient (Wildman–Crippen LogP) is 4.30. The van der Waals surface area contributed by atoms with E-state index in [1.165, 1.54) is 15.8 Å². The van der Waals surface area contributed by atoms with E-state index >= 15 is 0 Å². The Morgan fingerprint density at radius 1 is 1.13 bits per heavy atom. The van der Waals surface area contributed by atoms with Crippen LogP contribution in [-0.4, -0.2) is 83.9 Å². The van der Waals surface area contributed by atoms with Crippen LogP contribution >= 0.6 is 11.3 Å². The van der Waals surface area contributed by atoms with Crippen LogP contribution in [0.4, 0.5) is 4.79 Å². The lowest BCUT2D eigenvalue weighted by molar-refractivity contribution is -0.146. The number of nitrogens with zero attached hydrogens (tertiary/aromatic N) is 5. The molecule has 3 N–H and O–H groups in total. The average molecular weight is 664 g/mol. The van der Waals surface area contributed by atoms with Crippen molar-refractivity contribution in [1.29, 1.82) is 0 Å². The largest absolute Gasteiger partial charge is 0.479 e. The first-order valence-corrected chi connectivity index (χ1v) is 16.4. The number of amides is 3. The topological polar surface area (TPSA) is 169 Å². The minimum atomic E-state index is -1.49. The molecule has 250 valence electrons. The van der Waals surface area contributed by atoms with Gasteiger partial charge in [-0.15, -0.1) is 16.8 Å². The van der Waals surface area contributed by atoms with Crippen LogP contribution in [0.3, 0.4) is 0 Å². The van der Waals surface area contributed by atoms with E-state index in [1.807, 2.05) is 35.7 Å². The van der Waals surface area contributed by atoms with Gasteiger partial charge in [0.2, 0.25) is 17.6 Å². The van der Waals surface area contributed by atoms with Gasteiger partial charge in [-0.1, -0.05) is 45.0 Å². The lowest BCUT2D eigenvalue weighted by atomic mass is 9.85. The highest BCUT2D eigenvalue weighted by Crippen LogP contribution is 2.45. The second-order valence-corrected chi connectivity index (χ2v) is 15.0. The number of likely N-dealkylation sites (tertiary alicyclic amines) is 1. The number of hydrogen-bond acceptors (Lipinski definition) is 9. The van der Waals surface area contributed by atoms with Crippen molar-refractivity contribution in [2.24, 2.45) is 11.3 Å². The van der Waals surface area contributed by atoms with Gasteiger partial charge in [0.1, 0.15) is 23.2 Å². The molecule has 2 aliphatic rings. The zero-order chi connectivity index (χ0) is 34.3. The van der Waals surface area contributed by atoms with E-state index in [9.17, 15) is 24.3 Å². The molecule has 5 rings (SSSR count). The lowest BCUT2D eigenvalue weighted by Crippen LogP contribution is -2.59. The van der Waals surface area contributed by atoms with Crippen LogP contribution in [0.5, 0.6) is 0 Å². The Balaban J connectivity index is 1.44. The molecule has 0 spiro atoms. The first kappa shape index (κ1) is 33.8. The fourth-order valence-corrected chi connectivity index (χ4v) is 6.46. The molecule has 3 heterocycles. The fraction of sp³-hybridized carbons (Fsp3) is 0.485. The van der Waals surface area contributed by atoms with Gasteiger partial charge in [-0.2, -0.15) is 16.1 Å². The van der Waals surface area contributed by atoms with E-state index in [2.05, 4.69) is 38.0 Å². The summed E-state index contributed by atoms with van der Waals surface area (Å²) in [4.78, 5) is 55.9. The second-order valence-electron chi connectivity index (χ2n) is 14.2. The SMILES string of the molecule is C=CC1CC1(NC(=O)C1CC(n2nnc(-c3cccc(-c4ccsc4)c3)n2)CN1C(=O)C(NC(=O)OC(C)(C)C)C(C)(C)C)C(=O)O. The Bertz CT molecular complexity index is 1670. The standard InChI is InChI=1S/C33H41N7O6S/c1-8-22-16-33(22,29(43)44)35-27(41)24-15-23(17-39(24)28(42)25(31(2,3)4)34-30(45)46-32(5,6)7)40-37-26(36-38-40)20-11-9-10-19(14-20)21-12-13-47-18-21/h8-14,18,22-25H,1,15-17H2,2-7H3,(H,34,45)(H,35,41)(H,43,44). The van der Waals surface area contributed by atoms with E-state index in [4.69, 9.17) is 4.74 Å². The number of carbonyl (C=O) groups excluding carboxylic acids is 3. The van der Waals surface area contributed by atoms with Gasteiger partial charge in [-0.25, -0.2) is 9.59 Å². The number of thiophene rings is 1. The van der Waals surface area contributed by atoms with Crippen molar-refractivity contribution in [2.45, 2.75) is 83.6 Å². The third-order valence-corrected chi connectivity index (χ3v) is 9.08. The van der Waals surface area contributed by atoms with Gasteiger partial charge in [0.15, 0.2) is 0 Å². The molecule has 13 nitrogen and oxygen atoms in total. The minimum Gasteiger partial charge on any atom is -0.479 e. The van der Waals surface area contributed by atoms with Gasteiger partial charge in [-0.05, 0) is 71.8 Å². The molecule has 3 amide bonds. The first-order valence-electron chi connectivity index (χ1n) is 15.4. The highest BCUT2D eigenvalue weighted by molar-refractivity contribution is 7.08. The van der Waals surface area contributed by atoms with Gasteiger partial charge < -0.3 is 25.4 Å². The van der Waals surface area contributed by atoms with Gasteiger partial charge in [0.25, 0.3) is 0 Å². The van der Waals surface area contributed by atoms with Crippen molar-refractivity contribution in [1.82, 2.24) is 35.7 Å². The van der Waals surface area contributed by atoms with Gasteiger partial charge in [0, 0.05) is 24.4 Å². The van der Waals surface area contributed by atoms with Crippen LogP contribution in [0.25, 0.3) is 22.5 Å². The minimum absolute atomic E-state index is 0.0230. The van der Waals surface area contributed by atoms with Crippen molar-refractivity contribution in [3.8, 4) is 22.5 Å². The molecule has 1 saturated heterocycles. The van der Waals surface area contributed by atoms with Gasteiger partial charge in [-0.3, -0.25) is 9.59 Å². The number of nitrogens with one attached hydrogen (secondary N) is 2. The highest BCUT2D eigenvalue weighted by atomic mass is 32.1. The maximum atomic E-state index is 14.3. The smallest absolute Gasteiger partial charge is 0.408 e. The van der Waals surface area contributed by atoms with E-state index in [-0.39, 0.29) is 19.4 Å². The molecular weight excluding hydrogens is 622 g/mol. The highest BCUT2D eigenvalue weighted by Gasteiger charge is 2.61. The van der Waals surface area contributed by atoms with E-state index in [1.54, 1.807) is 52.9 Å². The molecule has 5 atom stereocenters. The van der Waals surface area contributed by atoms with E-state index in [0.717, 1.165) is 16.7 Å². The summed E-state index contributed by atoms with van der Waals surface area (Å²) >= 11 is 1.60. The summed E-state index contributed by atoms with van der Waals surface area (Å²) in [6.07, 6.45) is 1.03. The maximum Gasteiger partial charge on any atom is 0.408 e. The van der Waals surface area contributed by atoms with Crippen molar-refractivity contribution >= 4 is 35.2 Å². The number of rotatable bonds is 9. The molecule has 0 bridgehead atoms. The predicted molar refractivity (Wildman–Crippen MR) is 175 cm³/mol. The van der Waals surface area contributed by atoms with E-state index in [0.29, 0.717) is 5.82 Å². The summed E-state index contributed by atoms with van der Waals surface area (Å²) < 4.78 is 5.44. The summed E-state index contributed by atoms with van der Waals surface area (Å²) in [7, 11) is 0. The van der Waals surface area contributed by atoms with Crippen molar-refractivity contribution in [2.75, 3.05) is 6.54 Å². The molecule has 0 radical (unpaired) electrons. The Labute approximate surface area is 277 Å². The van der Waals surface area contributed by atoms with Crippen LogP contribution in [0.15, 0.2) is 53.7 Å².